The highest BCUT2D eigenvalue weighted by Crippen LogP contribution is 2.34. The minimum absolute atomic E-state index is 0.145. The van der Waals surface area contributed by atoms with Crippen molar-refractivity contribution in [2.24, 2.45) is 0 Å². The Kier molecular flexibility index (Phi) is 7.20. The first-order valence-electron chi connectivity index (χ1n) is 11.9. The number of rotatable bonds is 9. The standard InChI is InChI=1S/C27H29FN4O3/c1-19-16-20-6-7-24(26(28)23(20)17-19)35-25-8-9-29-27(31-25)30-21-4-2-5-22(18-21)34-13-3-10-32-11-14-33-15-12-32/h2,4-9,17-18H,3,10-16H2,1H3,(H,29,30,31). The van der Waals surface area contributed by atoms with E-state index in [1.807, 2.05) is 43.3 Å². The molecule has 2 heterocycles. The van der Waals surface area contributed by atoms with E-state index in [1.165, 1.54) is 0 Å². The number of aromatic nitrogens is 2. The van der Waals surface area contributed by atoms with Gasteiger partial charge in [-0.3, -0.25) is 4.90 Å². The fourth-order valence-electron chi connectivity index (χ4n) is 4.27. The molecule has 5 rings (SSSR count). The molecule has 0 atom stereocenters. The van der Waals surface area contributed by atoms with Crippen LogP contribution in [0.5, 0.6) is 17.4 Å². The Bertz CT molecular complexity index is 1210. The predicted octanol–water partition coefficient (Wildman–Crippen LogP) is 5.21. The maximum atomic E-state index is 14.9. The Morgan fingerprint density at radius 3 is 2.91 bits per heavy atom. The molecular weight excluding hydrogens is 447 g/mol. The molecule has 2 aliphatic rings. The number of fused-ring (bicyclic) bond motifs is 1. The van der Waals surface area contributed by atoms with Gasteiger partial charge in [0.1, 0.15) is 5.75 Å². The van der Waals surface area contributed by atoms with Crippen LogP contribution in [0, 0.1) is 5.82 Å². The maximum absolute atomic E-state index is 14.9. The van der Waals surface area contributed by atoms with Gasteiger partial charge in [-0.05, 0) is 43.5 Å². The quantitative estimate of drug-likeness (QED) is 0.425. The fourth-order valence-corrected chi connectivity index (χ4v) is 4.27. The number of hydrogen-bond acceptors (Lipinski definition) is 7. The number of anilines is 2. The van der Waals surface area contributed by atoms with Gasteiger partial charge in [0, 0.05) is 49.2 Å². The largest absolute Gasteiger partial charge is 0.493 e. The van der Waals surface area contributed by atoms with Crippen molar-refractivity contribution in [1.29, 1.82) is 0 Å². The van der Waals surface area contributed by atoms with Crippen LogP contribution >= 0.6 is 0 Å². The smallest absolute Gasteiger partial charge is 0.230 e. The Labute approximate surface area is 204 Å². The number of benzene rings is 2. The number of morpholine rings is 1. The third kappa shape index (κ3) is 5.96. The molecule has 7 nitrogen and oxygen atoms in total. The molecule has 1 aromatic heterocycles. The van der Waals surface area contributed by atoms with Crippen molar-refractivity contribution in [3.05, 3.63) is 71.2 Å². The number of nitrogens with one attached hydrogen (secondary N) is 1. The van der Waals surface area contributed by atoms with Crippen LogP contribution in [0.25, 0.3) is 6.08 Å². The predicted molar refractivity (Wildman–Crippen MR) is 133 cm³/mol. The van der Waals surface area contributed by atoms with Gasteiger partial charge >= 0.3 is 0 Å². The van der Waals surface area contributed by atoms with Crippen LogP contribution in [0.2, 0.25) is 0 Å². The molecule has 1 aliphatic heterocycles. The molecule has 1 fully saturated rings. The molecule has 0 amide bonds. The van der Waals surface area contributed by atoms with Gasteiger partial charge in [0.2, 0.25) is 11.8 Å². The fraction of sp³-hybridized carbons (Fsp3) is 0.333. The Hall–Kier alpha value is -3.49. The second-order valence-electron chi connectivity index (χ2n) is 8.75. The molecule has 2 aromatic carbocycles. The van der Waals surface area contributed by atoms with E-state index in [4.69, 9.17) is 14.2 Å². The zero-order valence-corrected chi connectivity index (χ0v) is 19.8. The van der Waals surface area contributed by atoms with E-state index in [1.54, 1.807) is 18.3 Å². The zero-order valence-electron chi connectivity index (χ0n) is 19.8. The summed E-state index contributed by atoms with van der Waals surface area (Å²) >= 11 is 0. The lowest BCUT2D eigenvalue weighted by Crippen LogP contribution is -2.37. The summed E-state index contributed by atoms with van der Waals surface area (Å²) in [6.45, 7) is 7.22. The van der Waals surface area contributed by atoms with Crippen LogP contribution in [-0.4, -0.2) is 54.3 Å². The van der Waals surface area contributed by atoms with Crippen molar-refractivity contribution in [2.45, 2.75) is 19.8 Å². The molecule has 35 heavy (non-hydrogen) atoms. The van der Waals surface area contributed by atoms with Crippen molar-refractivity contribution in [3.8, 4) is 17.4 Å². The van der Waals surface area contributed by atoms with E-state index >= 15 is 0 Å². The second kappa shape index (κ2) is 10.8. The molecule has 1 aliphatic carbocycles. The highest BCUT2D eigenvalue weighted by Gasteiger charge is 2.18. The SMILES string of the molecule is CC1=Cc2c(ccc(Oc3ccnc(Nc4cccc(OCCCN5CCOCC5)c4)n3)c2F)C1. The molecule has 182 valence electrons. The van der Waals surface area contributed by atoms with Gasteiger partial charge in [-0.15, -0.1) is 0 Å². The highest BCUT2D eigenvalue weighted by molar-refractivity contribution is 5.65. The third-order valence-electron chi connectivity index (χ3n) is 6.02. The first-order chi connectivity index (χ1) is 17.1. The lowest BCUT2D eigenvalue weighted by molar-refractivity contribution is 0.0358. The van der Waals surface area contributed by atoms with Crippen molar-refractivity contribution in [2.75, 3.05) is 44.8 Å². The Balaban J connectivity index is 1.18. The highest BCUT2D eigenvalue weighted by atomic mass is 19.1. The van der Waals surface area contributed by atoms with E-state index in [0.717, 1.165) is 68.3 Å². The van der Waals surface area contributed by atoms with Crippen molar-refractivity contribution in [1.82, 2.24) is 14.9 Å². The van der Waals surface area contributed by atoms with Gasteiger partial charge in [0.15, 0.2) is 11.6 Å². The van der Waals surface area contributed by atoms with Crippen LogP contribution in [0.3, 0.4) is 0 Å². The van der Waals surface area contributed by atoms with Gasteiger partial charge in [0.05, 0.1) is 19.8 Å². The minimum atomic E-state index is -0.369. The molecule has 0 spiro atoms. The van der Waals surface area contributed by atoms with Crippen molar-refractivity contribution < 1.29 is 18.6 Å². The van der Waals surface area contributed by atoms with Crippen molar-refractivity contribution in [3.63, 3.8) is 0 Å². The topological polar surface area (TPSA) is 68.7 Å². The van der Waals surface area contributed by atoms with Gasteiger partial charge < -0.3 is 19.5 Å². The molecule has 1 saturated heterocycles. The van der Waals surface area contributed by atoms with E-state index in [2.05, 4.69) is 20.2 Å². The van der Waals surface area contributed by atoms with E-state index in [0.29, 0.717) is 18.1 Å². The molecule has 0 saturated carbocycles. The molecule has 1 N–H and O–H groups in total. The normalized spacial score (nSPS) is 15.4. The van der Waals surface area contributed by atoms with Gasteiger partial charge in [-0.25, -0.2) is 9.37 Å². The lowest BCUT2D eigenvalue weighted by Gasteiger charge is -2.26. The van der Waals surface area contributed by atoms with E-state index in [-0.39, 0.29) is 17.4 Å². The summed E-state index contributed by atoms with van der Waals surface area (Å²) in [4.78, 5) is 11.0. The molecule has 0 radical (unpaired) electrons. The Morgan fingerprint density at radius 1 is 1.14 bits per heavy atom. The summed E-state index contributed by atoms with van der Waals surface area (Å²) in [5, 5.41) is 3.17. The van der Waals surface area contributed by atoms with Crippen LogP contribution < -0.4 is 14.8 Å². The molecule has 8 heteroatoms. The lowest BCUT2D eigenvalue weighted by atomic mass is 10.1. The maximum Gasteiger partial charge on any atom is 0.230 e. The molecule has 0 unspecified atom stereocenters. The van der Waals surface area contributed by atoms with Crippen LogP contribution in [-0.2, 0) is 11.2 Å². The molecular formula is C27H29FN4O3. The average molecular weight is 477 g/mol. The summed E-state index contributed by atoms with van der Waals surface area (Å²) in [6, 6.07) is 12.8. The number of ether oxygens (including phenoxy) is 3. The van der Waals surface area contributed by atoms with Gasteiger partial charge in [-0.2, -0.15) is 4.98 Å². The minimum Gasteiger partial charge on any atom is -0.493 e. The summed E-state index contributed by atoms with van der Waals surface area (Å²) in [5.41, 5.74) is 3.49. The average Bonchev–Trinajstić information content (AvgIpc) is 3.26. The second-order valence-corrected chi connectivity index (χ2v) is 8.75. The first kappa shape index (κ1) is 23.3. The van der Waals surface area contributed by atoms with Crippen LogP contribution in [0.1, 0.15) is 24.5 Å². The first-order valence-corrected chi connectivity index (χ1v) is 11.9. The molecule has 3 aromatic rings. The van der Waals surface area contributed by atoms with Gasteiger partial charge in [0.25, 0.3) is 0 Å². The number of halogens is 1. The number of hydrogen-bond donors (Lipinski definition) is 1. The third-order valence-corrected chi connectivity index (χ3v) is 6.02. The summed E-state index contributed by atoms with van der Waals surface area (Å²) in [7, 11) is 0. The zero-order chi connectivity index (χ0) is 24.0. The summed E-state index contributed by atoms with van der Waals surface area (Å²) in [5.74, 6) is 1.16. The summed E-state index contributed by atoms with van der Waals surface area (Å²) in [6.07, 6.45) is 5.16. The monoisotopic (exact) mass is 476 g/mol. The van der Waals surface area contributed by atoms with Crippen molar-refractivity contribution >= 4 is 17.7 Å². The van der Waals surface area contributed by atoms with Gasteiger partial charge in [-0.1, -0.05) is 23.8 Å². The number of allylic oxidation sites excluding steroid dienone is 1. The van der Waals surface area contributed by atoms with Crippen LogP contribution in [0.15, 0.2) is 54.2 Å². The number of nitrogens with zero attached hydrogens (tertiary/aromatic N) is 3. The Morgan fingerprint density at radius 2 is 2.03 bits per heavy atom. The summed E-state index contributed by atoms with van der Waals surface area (Å²) < 4.78 is 32.0. The molecule has 0 bridgehead atoms. The van der Waals surface area contributed by atoms with Crippen LogP contribution in [0.4, 0.5) is 16.0 Å². The van der Waals surface area contributed by atoms with E-state index < -0.39 is 0 Å². The van der Waals surface area contributed by atoms with E-state index in [9.17, 15) is 4.39 Å².